The molecule has 3 aromatic rings. The molecule has 3 rings (SSSR count). The number of nitrogens with one attached hydrogen (secondary N) is 1. The van der Waals surface area contributed by atoms with E-state index in [2.05, 4.69) is 11.9 Å². The summed E-state index contributed by atoms with van der Waals surface area (Å²) in [7, 11) is 0. The summed E-state index contributed by atoms with van der Waals surface area (Å²) in [5.74, 6) is -2.31. The first-order chi connectivity index (χ1) is 12.0. The van der Waals surface area contributed by atoms with Crippen LogP contribution >= 0.6 is 0 Å². The van der Waals surface area contributed by atoms with Gasteiger partial charge in [0.25, 0.3) is 11.5 Å². The van der Waals surface area contributed by atoms with Crippen molar-refractivity contribution < 1.29 is 13.6 Å². The fraction of sp³-hybridized carbons (Fsp3) is 0.0526. The Kier molecular flexibility index (Phi) is 4.43. The number of halogens is 2. The Morgan fingerprint density at radius 2 is 1.92 bits per heavy atom. The maximum absolute atomic E-state index is 13.8. The highest BCUT2D eigenvalue weighted by Crippen LogP contribution is 2.18. The highest BCUT2D eigenvalue weighted by molar-refractivity contribution is 6.05. The topological polar surface area (TPSA) is 51.1 Å². The quantitative estimate of drug-likeness (QED) is 0.736. The van der Waals surface area contributed by atoms with Gasteiger partial charge in [-0.25, -0.2) is 8.78 Å². The van der Waals surface area contributed by atoms with Gasteiger partial charge in [-0.1, -0.05) is 24.3 Å². The van der Waals surface area contributed by atoms with Crippen LogP contribution in [0, 0.1) is 11.6 Å². The predicted octanol–water partition coefficient (Wildman–Crippen LogP) is 3.72. The molecular weight excluding hydrogens is 326 g/mol. The third-order valence-corrected chi connectivity index (χ3v) is 3.74. The summed E-state index contributed by atoms with van der Waals surface area (Å²) in [6.45, 7) is 3.72. The summed E-state index contributed by atoms with van der Waals surface area (Å²) in [6, 6.07) is 11.2. The van der Waals surface area contributed by atoms with Gasteiger partial charge in [-0.05, 0) is 29.7 Å². The van der Waals surface area contributed by atoms with E-state index in [0.717, 1.165) is 12.1 Å². The van der Waals surface area contributed by atoms with Crippen molar-refractivity contribution in [1.29, 1.82) is 0 Å². The van der Waals surface area contributed by atoms with Crippen molar-refractivity contribution in [3.8, 4) is 0 Å². The minimum atomic E-state index is -0.897. The van der Waals surface area contributed by atoms with Crippen molar-refractivity contribution in [2.24, 2.45) is 0 Å². The summed E-state index contributed by atoms with van der Waals surface area (Å²) in [5.41, 5.74) is -0.452. The van der Waals surface area contributed by atoms with Gasteiger partial charge in [0.1, 0.15) is 17.3 Å². The van der Waals surface area contributed by atoms with E-state index < -0.39 is 17.5 Å². The van der Waals surface area contributed by atoms with E-state index in [1.165, 1.54) is 10.6 Å². The van der Waals surface area contributed by atoms with Crippen LogP contribution < -0.4 is 10.9 Å². The van der Waals surface area contributed by atoms with Gasteiger partial charge in [0.2, 0.25) is 0 Å². The molecule has 1 N–H and O–H groups in total. The smallest absolute Gasteiger partial charge is 0.272 e. The van der Waals surface area contributed by atoms with E-state index >= 15 is 0 Å². The lowest BCUT2D eigenvalue weighted by molar-refractivity contribution is 0.101. The Bertz CT molecular complexity index is 1040. The molecule has 0 spiro atoms. The van der Waals surface area contributed by atoms with E-state index in [9.17, 15) is 18.4 Å². The van der Waals surface area contributed by atoms with Gasteiger partial charge in [0.05, 0.1) is 5.69 Å². The molecule has 0 bridgehead atoms. The Balaban J connectivity index is 2.10. The molecule has 1 heterocycles. The van der Waals surface area contributed by atoms with Gasteiger partial charge in [-0.15, -0.1) is 6.58 Å². The zero-order chi connectivity index (χ0) is 18.0. The van der Waals surface area contributed by atoms with Crippen molar-refractivity contribution in [3.63, 3.8) is 0 Å². The lowest BCUT2D eigenvalue weighted by Crippen LogP contribution is -2.28. The number of nitrogens with zero attached hydrogens (tertiary/aromatic N) is 1. The molecule has 0 atom stereocenters. The summed E-state index contributed by atoms with van der Waals surface area (Å²) in [4.78, 5) is 25.2. The number of carbonyl (C=O) groups excluding carboxylic acids is 1. The fourth-order valence-electron chi connectivity index (χ4n) is 2.57. The highest BCUT2D eigenvalue weighted by Gasteiger charge is 2.16. The monoisotopic (exact) mass is 340 g/mol. The van der Waals surface area contributed by atoms with Gasteiger partial charge in [0.15, 0.2) is 0 Å². The number of carbonyl (C=O) groups is 1. The fourth-order valence-corrected chi connectivity index (χ4v) is 2.57. The SMILES string of the molecule is C=CCn1c(C(=O)Nc2ccc(F)cc2F)cc2ccccc2c1=O. The van der Waals surface area contributed by atoms with Gasteiger partial charge in [-0.3, -0.25) is 14.2 Å². The Morgan fingerprint density at radius 3 is 2.64 bits per heavy atom. The predicted molar refractivity (Wildman–Crippen MR) is 92.7 cm³/mol. The lowest BCUT2D eigenvalue weighted by Gasteiger charge is -2.13. The van der Waals surface area contributed by atoms with Gasteiger partial charge in [-0.2, -0.15) is 0 Å². The van der Waals surface area contributed by atoms with Crippen LogP contribution in [0.15, 0.2) is 66.0 Å². The molecule has 1 aromatic heterocycles. The zero-order valence-electron chi connectivity index (χ0n) is 13.1. The number of rotatable bonds is 4. The Hall–Kier alpha value is -3.28. The highest BCUT2D eigenvalue weighted by atomic mass is 19.1. The second-order valence-electron chi connectivity index (χ2n) is 5.40. The molecule has 0 unspecified atom stereocenters. The number of pyridine rings is 1. The van der Waals surface area contributed by atoms with Crippen molar-refractivity contribution >= 4 is 22.4 Å². The summed E-state index contributed by atoms with van der Waals surface area (Å²) in [6.07, 6.45) is 1.49. The molecule has 1 amide bonds. The number of amides is 1. The van der Waals surface area contributed by atoms with Crippen LogP contribution in [0.5, 0.6) is 0 Å². The van der Waals surface area contributed by atoms with E-state index in [-0.39, 0.29) is 23.5 Å². The summed E-state index contributed by atoms with van der Waals surface area (Å²) < 4.78 is 28.0. The van der Waals surface area contributed by atoms with Crippen molar-refractivity contribution in [2.45, 2.75) is 6.54 Å². The molecule has 0 aliphatic carbocycles. The molecule has 0 aliphatic heterocycles. The Labute approximate surface area is 142 Å². The first-order valence-corrected chi connectivity index (χ1v) is 7.51. The Morgan fingerprint density at radius 1 is 1.16 bits per heavy atom. The summed E-state index contributed by atoms with van der Waals surface area (Å²) in [5, 5.41) is 3.43. The number of allylic oxidation sites excluding steroid dienone is 1. The molecule has 0 saturated heterocycles. The molecular formula is C19H14F2N2O2. The van der Waals surface area contributed by atoms with Gasteiger partial charge >= 0.3 is 0 Å². The first-order valence-electron chi connectivity index (χ1n) is 7.51. The van der Waals surface area contributed by atoms with Gasteiger partial charge in [0, 0.05) is 18.0 Å². The van der Waals surface area contributed by atoms with Crippen molar-refractivity contribution in [1.82, 2.24) is 4.57 Å². The maximum Gasteiger partial charge on any atom is 0.272 e. The van der Waals surface area contributed by atoms with Crippen molar-refractivity contribution in [2.75, 3.05) is 5.32 Å². The number of anilines is 1. The third-order valence-electron chi connectivity index (χ3n) is 3.74. The number of fused-ring (bicyclic) bond motifs is 1. The van der Waals surface area contributed by atoms with Crippen LogP contribution in [0.1, 0.15) is 10.5 Å². The van der Waals surface area contributed by atoms with Crippen LogP contribution in [0.25, 0.3) is 10.8 Å². The largest absolute Gasteiger partial charge is 0.318 e. The molecule has 0 aliphatic rings. The van der Waals surface area contributed by atoms with Crippen LogP contribution in [-0.2, 0) is 6.54 Å². The second kappa shape index (κ2) is 6.68. The first kappa shape index (κ1) is 16.6. The van der Waals surface area contributed by atoms with E-state index in [1.807, 2.05) is 0 Å². The second-order valence-corrected chi connectivity index (χ2v) is 5.40. The maximum atomic E-state index is 13.8. The molecule has 2 aromatic carbocycles. The number of hydrogen-bond acceptors (Lipinski definition) is 2. The minimum Gasteiger partial charge on any atom is -0.318 e. The number of aromatic nitrogens is 1. The third kappa shape index (κ3) is 3.19. The molecule has 126 valence electrons. The average Bonchev–Trinajstić information content (AvgIpc) is 2.59. The van der Waals surface area contributed by atoms with Crippen molar-refractivity contribution in [3.05, 3.63) is 88.9 Å². The molecule has 6 heteroatoms. The number of hydrogen-bond donors (Lipinski definition) is 1. The zero-order valence-corrected chi connectivity index (χ0v) is 13.1. The average molecular weight is 340 g/mol. The van der Waals surface area contributed by atoms with Crippen LogP contribution in [0.4, 0.5) is 14.5 Å². The van der Waals surface area contributed by atoms with Gasteiger partial charge < -0.3 is 5.32 Å². The molecule has 0 fully saturated rings. The normalized spacial score (nSPS) is 10.6. The minimum absolute atomic E-state index is 0.0623. The molecule has 0 radical (unpaired) electrons. The standard InChI is InChI=1S/C19H14F2N2O2/c1-2-9-23-17(10-12-5-3-4-6-14(12)19(23)25)18(24)22-16-8-7-13(20)11-15(16)21/h2-8,10-11H,1,9H2,(H,22,24). The molecule has 4 nitrogen and oxygen atoms in total. The van der Waals surface area contributed by atoms with Crippen LogP contribution in [0.3, 0.4) is 0 Å². The van der Waals surface area contributed by atoms with Crippen LogP contribution in [-0.4, -0.2) is 10.5 Å². The lowest BCUT2D eigenvalue weighted by atomic mass is 10.1. The van der Waals surface area contributed by atoms with E-state index in [4.69, 9.17) is 0 Å². The van der Waals surface area contributed by atoms with Crippen LogP contribution in [0.2, 0.25) is 0 Å². The summed E-state index contributed by atoms with van der Waals surface area (Å²) >= 11 is 0. The van der Waals surface area contributed by atoms with E-state index in [1.54, 1.807) is 30.3 Å². The van der Waals surface area contributed by atoms with E-state index in [0.29, 0.717) is 16.8 Å². The number of benzene rings is 2. The molecule has 25 heavy (non-hydrogen) atoms. The molecule has 0 saturated carbocycles.